The molecule has 1 saturated carbocycles. The van der Waals surface area contributed by atoms with Crippen molar-refractivity contribution < 1.29 is 14.3 Å². The fraction of sp³-hybridized carbons (Fsp3) is 0.619. The molecule has 1 aliphatic carbocycles. The smallest absolute Gasteiger partial charge is 0.410 e. The van der Waals surface area contributed by atoms with Gasteiger partial charge in [-0.3, -0.25) is 9.69 Å². The van der Waals surface area contributed by atoms with E-state index in [-0.39, 0.29) is 18.1 Å². The highest BCUT2D eigenvalue weighted by Gasteiger charge is 2.42. The Morgan fingerprint density at radius 2 is 1.85 bits per heavy atom. The third-order valence-electron chi connectivity index (χ3n) is 6.24. The summed E-state index contributed by atoms with van der Waals surface area (Å²) in [6, 6.07) is 10.1. The second-order valence-electron chi connectivity index (χ2n) is 7.93. The second-order valence-corrected chi connectivity index (χ2v) is 7.93. The number of benzene rings is 1. The molecule has 0 aromatic heterocycles. The first-order valence-electron chi connectivity index (χ1n) is 9.98. The fourth-order valence-electron chi connectivity index (χ4n) is 4.69. The number of cyclic esters (lactones) is 1. The molecule has 1 aromatic rings. The molecule has 26 heavy (non-hydrogen) atoms. The molecule has 0 radical (unpaired) electrons. The molecule has 2 amide bonds. The van der Waals surface area contributed by atoms with Crippen LogP contribution in [0.1, 0.15) is 44.1 Å². The first kappa shape index (κ1) is 17.4. The SMILES string of the molecule is O=C(C1CCCCC1)N1CC[C@@H]2COC(=O)N(Cc3ccccc3)[C@@H]2C1. The third-order valence-corrected chi connectivity index (χ3v) is 6.24. The van der Waals surface area contributed by atoms with Crippen LogP contribution in [0.4, 0.5) is 4.79 Å². The van der Waals surface area contributed by atoms with E-state index in [9.17, 15) is 9.59 Å². The Morgan fingerprint density at radius 3 is 2.62 bits per heavy atom. The molecule has 3 aliphatic rings. The van der Waals surface area contributed by atoms with Crippen molar-refractivity contribution in [3.8, 4) is 0 Å². The van der Waals surface area contributed by atoms with Crippen LogP contribution in [-0.2, 0) is 16.1 Å². The van der Waals surface area contributed by atoms with Crippen LogP contribution in [0.15, 0.2) is 30.3 Å². The van der Waals surface area contributed by atoms with E-state index in [0.717, 1.165) is 31.4 Å². The van der Waals surface area contributed by atoms with Gasteiger partial charge < -0.3 is 9.64 Å². The summed E-state index contributed by atoms with van der Waals surface area (Å²) in [5.41, 5.74) is 1.10. The van der Waals surface area contributed by atoms with Crippen molar-refractivity contribution in [2.45, 2.75) is 51.1 Å². The van der Waals surface area contributed by atoms with Gasteiger partial charge in [-0.15, -0.1) is 0 Å². The highest BCUT2D eigenvalue weighted by molar-refractivity contribution is 5.79. The van der Waals surface area contributed by atoms with E-state index in [4.69, 9.17) is 4.74 Å². The average molecular weight is 356 g/mol. The fourth-order valence-corrected chi connectivity index (χ4v) is 4.69. The van der Waals surface area contributed by atoms with E-state index in [2.05, 4.69) is 0 Å². The van der Waals surface area contributed by atoms with Gasteiger partial charge in [0.15, 0.2) is 0 Å². The first-order valence-corrected chi connectivity index (χ1v) is 9.98. The highest BCUT2D eigenvalue weighted by atomic mass is 16.6. The Kier molecular flexibility index (Phi) is 5.14. The summed E-state index contributed by atoms with van der Waals surface area (Å²) < 4.78 is 5.43. The number of fused-ring (bicyclic) bond motifs is 1. The minimum absolute atomic E-state index is 0.0674. The lowest BCUT2D eigenvalue weighted by molar-refractivity contribution is -0.141. The molecule has 0 spiro atoms. The standard InChI is InChI=1S/C21H28N2O3/c24-20(17-9-5-2-6-10-17)22-12-11-18-15-26-21(25)23(19(18)14-22)13-16-7-3-1-4-8-16/h1,3-4,7-8,17-19H,2,5-6,9-15H2/t18-,19-/m1/s1. The van der Waals surface area contributed by atoms with Crippen LogP contribution in [-0.4, -0.2) is 47.5 Å². The lowest BCUT2D eigenvalue weighted by Gasteiger charge is -2.47. The zero-order chi connectivity index (χ0) is 17.9. The van der Waals surface area contributed by atoms with Crippen LogP contribution < -0.4 is 0 Å². The number of hydrogen-bond acceptors (Lipinski definition) is 3. The molecule has 2 atom stereocenters. The maximum atomic E-state index is 13.0. The van der Waals surface area contributed by atoms with E-state index < -0.39 is 0 Å². The summed E-state index contributed by atoms with van der Waals surface area (Å²) in [5.74, 6) is 0.826. The van der Waals surface area contributed by atoms with E-state index >= 15 is 0 Å². The van der Waals surface area contributed by atoms with Gasteiger partial charge in [0.1, 0.15) is 0 Å². The predicted octanol–water partition coefficient (Wildman–Crippen LogP) is 3.44. The molecule has 2 aliphatic heterocycles. The van der Waals surface area contributed by atoms with Gasteiger partial charge in [-0.1, -0.05) is 49.6 Å². The van der Waals surface area contributed by atoms with Gasteiger partial charge >= 0.3 is 6.09 Å². The summed E-state index contributed by atoms with van der Waals surface area (Å²) in [5, 5.41) is 0. The number of hydrogen-bond donors (Lipinski definition) is 0. The maximum absolute atomic E-state index is 13.0. The van der Waals surface area contributed by atoms with Gasteiger partial charge in [0, 0.05) is 31.5 Å². The minimum Gasteiger partial charge on any atom is -0.449 e. The molecule has 5 heteroatoms. The molecule has 3 fully saturated rings. The molecule has 0 unspecified atom stereocenters. The number of piperidine rings is 1. The molecular weight excluding hydrogens is 328 g/mol. The quantitative estimate of drug-likeness (QED) is 0.834. The van der Waals surface area contributed by atoms with Crippen molar-refractivity contribution in [3.63, 3.8) is 0 Å². The topological polar surface area (TPSA) is 49.9 Å². The van der Waals surface area contributed by atoms with Crippen molar-refractivity contribution in [2.75, 3.05) is 19.7 Å². The Labute approximate surface area is 155 Å². The number of likely N-dealkylation sites (tertiary alicyclic amines) is 1. The molecule has 2 saturated heterocycles. The van der Waals surface area contributed by atoms with Crippen LogP contribution in [0.3, 0.4) is 0 Å². The highest BCUT2D eigenvalue weighted by Crippen LogP contribution is 2.32. The van der Waals surface area contributed by atoms with Gasteiger partial charge in [-0.2, -0.15) is 0 Å². The van der Waals surface area contributed by atoms with Gasteiger partial charge in [0.25, 0.3) is 0 Å². The monoisotopic (exact) mass is 356 g/mol. The van der Waals surface area contributed by atoms with Crippen LogP contribution >= 0.6 is 0 Å². The first-order chi connectivity index (χ1) is 12.7. The van der Waals surface area contributed by atoms with Gasteiger partial charge in [0.2, 0.25) is 5.91 Å². The molecule has 4 rings (SSSR count). The van der Waals surface area contributed by atoms with E-state index in [0.29, 0.717) is 31.5 Å². The predicted molar refractivity (Wildman–Crippen MR) is 98.4 cm³/mol. The zero-order valence-corrected chi connectivity index (χ0v) is 15.3. The number of carbonyl (C=O) groups is 2. The number of rotatable bonds is 3. The van der Waals surface area contributed by atoms with Crippen molar-refractivity contribution in [2.24, 2.45) is 11.8 Å². The number of ether oxygens (including phenoxy) is 1. The average Bonchev–Trinajstić information content (AvgIpc) is 2.71. The lowest BCUT2D eigenvalue weighted by Crippen LogP contribution is -2.60. The molecule has 0 N–H and O–H groups in total. The zero-order valence-electron chi connectivity index (χ0n) is 15.3. The number of amides is 2. The molecular formula is C21H28N2O3. The van der Waals surface area contributed by atoms with Crippen LogP contribution in [0.2, 0.25) is 0 Å². The normalized spacial score (nSPS) is 27.0. The van der Waals surface area contributed by atoms with Crippen LogP contribution in [0.5, 0.6) is 0 Å². The third kappa shape index (κ3) is 3.57. The summed E-state index contributed by atoms with van der Waals surface area (Å²) in [7, 11) is 0. The summed E-state index contributed by atoms with van der Waals surface area (Å²) in [6.45, 7) is 2.49. The molecule has 2 heterocycles. The summed E-state index contributed by atoms with van der Waals surface area (Å²) in [4.78, 5) is 29.3. The maximum Gasteiger partial charge on any atom is 0.410 e. The van der Waals surface area contributed by atoms with Gasteiger partial charge in [0.05, 0.1) is 12.6 Å². The van der Waals surface area contributed by atoms with E-state index in [1.165, 1.54) is 19.3 Å². The van der Waals surface area contributed by atoms with E-state index in [1.807, 2.05) is 40.1 Å². The van der Waals surface area contributed by atoms with Gasteiger partial charge in [-0.25, -0.2) is 4.79 Å². The molecule has 0 bridgehead atoms. The summed E-state index contributed by atoms with van der Waals surface area (Å²) in [6.07, 6.45) is 6.32. The van der Waals surface area contributed by atoms with Crippen molar-refractivity contribution >= 4 is 12.0 Å². The van der Waals surface area contributed by atoms with Gasteiger partial charge in [-0.05, 0) is 24.8 Å². The Bertz CT molecular complexity index is 642. The largest absolute Gasteiger partial charge is 0.449 e. The van der Waals surface area contributed by atoms with Crippen molar-refractivity contribution in [3.05, 3.63) is 35.9 Å². The Morgan fingerprint density at radius 1 is 1.08 bits per heavy atom. The molecule has 5 nitrogen and oxygen atoms in total. The summed E-state index contributed by atoms with van der Waals surface area (Å²) >= 11 is 0. The number of carbonyl (C=O) groups excluding carboxylic acids is 2. The van der Waals surface area contributed by atoms with E-state index in [1.54, 1.807) is 0 Å². The number of nitrogens with zero attached hydrogens (tertiary/aromatic N) is 2. The minimum atomic E-state index is -0.248. The molecule has 140 valence electrons. The van der Waals surface area contributed by atoms with Crippen LogP contribution in [0.25, 0.3) is 0 Å². The van der Waals surface area contributed by atoms with Crippen LogP contribution in [0, 0.1) is 11.8 Å². The second kappa shape index (κ2) is 7.68. The van der Waals surface area contributed by atoms with Crippen molar-refractivity contribution in [1.82, 2.24) is 9.80 Å². The molecule has 1 aromatic carbocycles. The Hall–Kier alpha value is -2.04. The lowest BCUT2D eigenvalue weighted by atomic mass is 9.85. The van der Waals surface area contributed by atoms with Crippen molar-refractivity contribution in [1.29, 1.82) is 0 Å². The Balaban J connectivity index is 1.47.